The van der Waals surface area contributed by atoms with Crippen LogP contribution < -0.4 is 10.6 Å². The van der Waals surface area contributed by atoms with Gasteiger partial charge in [0, 0.05) is 24.8 Å². The lowest BCUT2D eigenvalue weighted by Crippen LogP contribution is -2.19. The quantitative estimate of drug-likeness (QED) is 0.823. The SMILES string of the molecule is CNC(=O)c1ccccc1NCc1c(C)cc(C)c(C(C)=O)c1C. The van der Waals surface area contributed by atoms with Crippen molar-refractivity contribution in [3.05, 3.63) is 63.7 Å². The summed E-state index contributed by atoms with van der Waals surface area (Å²) in [6, 6.07) is 9.45. The van der Waals surface area contributed by atoms with Crippen LogP contribution in [0.25, 0.3) is 0 Å². The molecular weight excluding hydrogens is 300 g/mol. The van der Waals surface area contributed by atoms with Gasteiger partial charge in [0.1, 0.15) is 0 Å². The Morgan fingerprint density at radius 3 is 2.33 bits per heavy atom. The summed E-state index contributed by atoms with van der Waals surface area (Å²) in [7, 11) is 1.62. The van der Waals surface area contributed by atoms with Crippen molar-refractivity contribution < 1.29 is 9.59 Å². The summed E-state index contributed by atoms with van der Waals surface area (Å²) in [5, 5.41) is 5.99. The minimum Gasteiger partial charge on any atom is -0.380 e. The molecule has 0 saturated heterocycles. The number of nitrogens with one attached hydrogen (secondary N) is 2. The number of benzene rings is 2. The molecule has 2 aromatic carbocycles. The molecule has 0 spiro atoms. The van der Waals surface area contributed by atoms with Crippen LogP contribution in [0.1, 0.15) is 49.9 Å². The fraction of sp³-hybridized carbons (Fsp3) is 0.300. The number of hydrogen-bond donors (Lipinski definition) is 2. The van der Waals surface area contributed by atoms with E-state index >= 15 is 0 Å². The molecule has 24 heavy (non-hydrogen) atoms. The maximum Gasteiger partial charge on any atom is 0.253 e. The minimum absolute atomic E-state index is 0.0806. The van der Waals surface area contributed by atoms with Crippen LogP contribution in [0, 0.1) is 20.8 Å². The number of amides is 1. The number of ketones is 1. The summed E-state index contributed by atoms with van der Waals surface area (Å²) >= 11 is 0. The average Bonchev–Trinajstić information content (AvgIpc) is 2.53. The fourth-order valence-corrected chi connectivity index (χ4v) is 3.19. The average molecular weight is 324 g/mol. The van der Waals surface area contributed by atoms with Gasteiger partial charge in [0.2, 0.25) is 0 Å². The van der Waals surface area contributed by atoms with Crippen molar-refractivity contribution in [2.45, 2.75) is 34.2 Å². The zero-order valence-corrected chi connectivity index (χ0v) is 14.9. The summed E-state index contributed by atoms with van der Waals surface area (Å²) < 4.78 is 0. The molecule has 126 valence electrons. The Bertz CT molecular complexity index is 794. The molecule has 4 heteroatoms. The Labute approximate surface area is 143 Å². The lowest BCUT2D eigenvalue weighted by Gasteiger charge is -2.18. The van der Waals surface area contributed by atoms with E-state index in [1.807, 2.05) is 45.0 Å². The van der Waals surface area contributed by atoms with Gasteiger partial charge >= 0.3 is 0 Å². The third-order valence-electron chi connectivity index (χ3n) is 4.34. The number of anilines is 1. The molecule has 0 aliphatic rings. The second-order valence-electron chi connectivity index (χ2n) is 6.02. The van der Waals surface area contributed by atoms with E-state index in [0.717, 1.165) is 33.5 Å². The van der Waals surface area contributed by atoms with Gasteiger partial charge in [-0.15, -0.1) is 0 Å². The first kappa shape index (κ1) is 17.7. The molecule has 1 amide bonds. The van der Waals surface area contributed by atoms with Crippen LogP contribution in [0.15, 0.2) is 30.3 Å². The Morgan fingerprint density at radius 1 is 1.04 bits per heavy atom. The molecule has 0 aromatic heterocycles. The molecular formula is C20H24N2O2. The third kappa shape index (κ3) is 3.48. The van der Waals surface area contributed by atoms with Gasteiger partial charge in [0.15, 0.2) is 5.78 Å². The van der Waals surface area contributed by atoms with Gasteiger partial charge in [0.05, 0.1) is 5.56 Å². The van der Waals surface area contributed by atoms with E-state index in [1.54, 1.807) is 20.0 Å². The van der Waals surface area contributed by atoms with Crippen LogP contribution in [0.4, 0.5) is 5.69 Å². The van der Waals surface area contributed by atoms with Crippen LogP contribution in [-0.2, 0) is 6.54 Å². The van der Waals surface area contributed by atoms with Crippen LogP contribution in [-0.4, -0.2) is 18.7 Å². The number of para-hydroxylation sites is 1. The first-order valence-corrected chi connectivity index (χ1v) is 8.02. The van der Waals surface area contributed by atoms with Crippen LogP contribution in [0.5, 0.6) is 0 Å². The minimum atomic E-state index is -0.125. The van der Waals surface area contributed by atoms with Gasteiger partial charge in [-0.2, -0.15) is 0 Å². The van der Waals surface area contributed by atoms with Crippen molar-refractivity contribution in [1.29, 1.82) is 0 Å². The molecule has 4 nitrogen and oxygen atoms in total. The Kier molecular flexibility index (Phi) is 5.39. The Morgan fingerprint density at radius 2 is 1.71 bits per heavy atom. The van der Waals surface area contributed by atoms with Gasteiger partial charge < -0.3 is 10.6 Å². The second kappa shape index (κ2) is 7.30. The zero-order valence-electron chi connectivity index (χ0n) is 14.9. The Balaban J connectivity index is 2.36. The molecule has 2 rings (SSSR count). The maximum absolute atomic E-state index is 12.0. The highest BCUT2D eigenvalue weighted by atomic mass is 16.1. The van der Waals surface area contributed by atoms with Gasteiger partial charge in [-0.05, 0) is 62.1 Å². The summed E-state index contributed by atoms with van der Waals surface area (Å²) in [6.07, 6.45) is 0. The molecule has 0 heterocycles. The van der Waals surface area contributed by atoms with E-state index in [9.17, 15) is 9.59 Å². The normalized spacial score (nSPS) is 10.4. The molecule has 0 aliphatic carbocycles. The van der Waals surface area contributed by atoms with E-state index < -0.39 is 0 Å². The summed E-state index contributed by atoms with van der Waals surface area (Å²) in [5.41, 5.74) is 6.42. The molecule has 2 N–H and O–H groups in total. The lowest BCUT2D eigenvalue weighted by molar-refractivity contribution is 0.0962. The second-order valence-corrected chi connectivity index (χ2v) is 6.02. The monoisotopic (exact) mass is 324 g/mol. The molecule has 0 atom stereocenters. The first-order valence-electron chi connectivity index (χ1n) is 8.02. The van der Waals surface area contributed by atoms with Crippen LogP contribution in [0.3, 0.4) is 0 Å². The smallest absolute Gasteiger partial charge is 0.253 e. The van der Waals surface area contributed by atoms with Crippen molar-refractivity contribution in [2.24, 2.45) is 0 Å². The van der Waals surface area contributed by atoms with Crippen molar-refractivity contribution in [3.8, 4) is 0 Å². The highest BCUT2D eigenvalue weighted by Crippen LogP contribution is 2.24. The topological polar surface area (TPSA) is 58.2 Å². The van der Waals surface area contributed by atoms with Crippen molar-refractivity contribution in [1.82, 2.24) is 5.32 Å². The van der Waals surface area contributed by atoms with E-state index in [1.165, 1.54) is 0 Å². The third-order valence-corrected chi connectivity index (χ3v) is 4.34. The van der Waals surface area contributed by atoms with E-state index in [4.69, 9.17) is 0 Å². The van der Waals surface area contributed by atoms with E-state index in [-0.39, 0.29) is 11.7 Å². The Hall–Kier alpha value is -2.62. The maximum atomic E-state index is 12.0. The number of carbonyl (C=O) groups is 2. The predicted octanol–water partition coefficient (Wildman–Crippen LogP) is 3.79. The summed E-state index contributed by atoms with van der Waals surface area (Å²) in [5.74, 6) is -0.0446. The predicted molar refractivity (Wildman–Crippen MR) is 97.8 cm³/mol. The number of aryl methyl sites for hydroxylation is 2. The number of hydrogen-bond acceptors (Lipinski definition) is 3. The number of carbonyl (C=O) groups excluding carboxylic acids is 2. The molecule has 0 saturated carbocycles. The molecule has 0 bridgehead atoms. The van der Waals surface area contributed by atoms with Gasteiger partial charge in [-0.1, -0.05) is 18.2 Å². The molecule has 0 radical (unpaired) electrons. The molecule has 0 unspecified atom stereocenters. The summed E-state index contributed by atoms with van der Waals surface area (Å²) in [4.78, 5) is 23.9. The van der Waals surface area contributed by atoms with Crippen molar-refractivity contribution in [2.75, 3.05) is 12.4 Å². The van der Waals surface area contributed by atoms with Crippen molar-refractivity contribution in [3.63, 3.8) is 0 Å². The highest BCUT2D eigenvalue weighted by Gasteiger charge is 2.15. The van der Waals surface area contributed by atoms with E-state index in [0.29, 0.717) is 12.1 Å². The zero-order chi connectivity index (χ0) is 17.9. The highest BCUT2D eigenvalue weighted by molar-refractivity contribution is 5.99. The first-order chi connectivity index (χ1) is 11.4. The number of rotatable bonds is 5. The van der Waals surface area contributed by atoms with Crippen LogP contribution in [0.2, 0.25) is 0 Å². The van der Waals surface area contributed by atoms with E-state index in [2.05, 4.69) is 10.6 Å². The fourth-order valence-electron chi connectivity index (χ4n) is 3.19. The molecule has 0 fully saturated rings. The van der Waals surface area contributed by atoms with Gasteiger partial charge in [0.25, 0.3) is 5.91 Å². The standard InChI is InChI=1S/C20H24N2O2/c1-12-10-13(2)19(15(4)23)14(3)17(12)11-22-18-9-7-6-8-16(18)20(24)21-5/h6-10,22H,11H2,1-5H3,(H,21,24). The van der Waals surface area contributed by atoms with Crippen molar-refractivity contribution >= 4 is 17.4 Å². The number of Topliss-reactive ketones (excluding diaryl/α,β-unsaturated/α-hetero) is 1. The molecule has 2 aromatic rings. The summed E-state index contributed by atoms with van der Waals surface area (Å²) in [6.45, 7) is 8.16. The largest absolute Gasteiger partial charge is 0.380 e. The lowest BCUT2D eigenvalue weighted by atomic mass is 9.91. The van der Waals surface area contributed by atoms with Crippen LogP contribution >= 0.6 is 0 Å². The molecule has 0 aliphatic heterocycles. The van der Waals surface area contributed by atoms with Gasteiger partial charge in [-0.3, -0.25) is 9.59 Å². The van der Waals surface area contributed by atoms with Gasteiger partial charge in [-0.25, -0.2) is 0 Å².